The molecule has 0 aliphatic carbocycles. The highest BCUT2D eigenvalue weighted by Gasteiger charge is 2.47. The van der Waals surface area contributed by atoms with Crippen LogP contribution in [0.15, 0.2) is 146 Å². The Bertz CT molecular complexity index is 3460. The van der Waals surface area contributed by atoms with E-state index in [4.69, 9.17) is 0 Å². The van der Waals surface area contributed by atoms with Gasteiger partial charge in [-0.3, -0.25) is 0 Å². The average molecular weight is 1350 g/mol. The molecule has 12 heterocycles. The highest BCUT2D eigenvalue weighted by molar-refractivity contribution is 7.55. The largest absolute Gasteiger partial charge is 0.222 e. The molecular formula is C72H76S12Si. The first-order valence-electron chi connectivity index (χ1n) is 31.1. The second-order valence-electron chi connectivity index (χ2n) is 22.4. The van der Waals surface area contributed by atoms with Gasteiger partial charge >= 0.3 is 0 Å². The van der Waals surface area contributed by atoms with Crippen molar-refractivity contribution in [2.45, 2.75) is 156 Å². The van der Waals surface area contributed by atoms with Crippen LogP contribution in [0.4, 0.5) is 0 Å². The SMILES string of the molecule is CCCCCCc1ccc(-c2ccc(-c3ccc([Si](c4ccc(-c5ccc(-c6ccc(CCCCCC)s6)s5)s4)(c4ccc(-c5ccc(-c6ccc(CCCCCC)s6)s5)s4)c4ccc(-c5ccc(-c6ccc(CCCCCC)s6)s5)s4)s3)s2)s1. The Balaban J connectivity index is 0.936. The Kier molecular flexibility index (Phi) is 21.8. The Morgan fingerprint density at radius 2 is 0.365 bits per heavy atom. The molecule has 0 aliphatic heterocycles. The van der Waals surface area contributed by atoms with Gasteiger partial charge in [-0.1, -0.05) is 129 Å². The van der Waals surface area contributed by atoms with Crippen molar-refractivity contribution in [1.29, 1.82) is 0 Å². The van der Waals surface area contributed by atoms with Crippen LogP contribution in [0.1, 0.15) is 150 Å². The van der Waals surface area contributed by atoms with E-state index >= 15 is 0 Å². The minimum atomic E-state index is -2.94. The summed E-state index contributed by atoms with van der Waals surface area (Å²) < 4.78 is 6.07. The van der Waals surface area contributed by atoms with Crippen molar-refractivity contribution in [3.05, 3.63) is 165 Å². The molecule has 85 heavy (non-hydrogen) atoms. The molecule has 0 saturated heterocycles. The highest BCUT2D eigenvalue weighted by atomic mass is 32.1. The van der Waals surface area contributed by atoms with Gasteiger partial charge in [-0.2, -0.15) is 0 Å². The van der Waals surface area contributed by atoms with Gasteiger partial charge in [0.25, 0.3) is 0 Å². The molecule has 440 valence electrons. The lowest BCUT2D eigenvalue weighted by atomic mass is 10.1. The van der Waals surface area contributed by atoms with E-state index in [0.29, 0.717) is 0 Å². The molecule has 0 saturated carbocycles. The Morgan fingerprint density at radius 3 is 0.576 bits per heavy atom. The Labute approximate surface area is 555 Å². The summed E-state index contributed by atoms with van der Waals surface area (Å²) in [6, 6.07) is 58.4. The number of unbranched alkanes of at least 4 members (excludes halogenated alkanes) is 12. The lowest BCUT2D eigenvalue weighted by Crippen LogP contribution is -2.71. The minimum absolute atomic E-state index is 1.19. The first-order valence-corrected chi connectivity index (χ1v) is 42.9. The predicted octanol–water partition coefficient (Wildman–Crippen LogP) is 25.6. The number of thiophene rings is 12. The van der Waals surface area contributed by atoms with Crippen LogP contribution in [0.25, 0.3) is 78.0 Å². The summed E-state index contributed by atoms with van der Waals surface area (Å²) in [5, 5.41) is 0. The monoisotopic (exact) mass is 1350 g/mol. The second kappa shape index (κ2) is 30.0. The summed E-state index contributed by atoms with van der Waals surface area (Å²) in [5.74, 6) is 0. The van der Waals surface area contributed by atoms with Crippen molar-refractivity contribution in [2.75, 3.05) is 0 Å². The molecule has 0 spiro atoms. The number of hydrogen-bond acceptors (Lipinski definition) is 12. The average Bonchev–Trinajstić information content (AvgIpc) is 1.80. The van der Waals surface area contributed by atoms with Gasteiger partial charge < -0.3 is 0 Å². The van der Waals surface area contributed by atoms with Crippen molar-refractivity contribution in [3.8, 4) is 78.0 Å². The molecule has 0 aromatic carbocycles. The number of rotatable bonds is 32. The molecule has 0 bridgehead atoms. The van der Waals surface area contributed by atoms with Crippen LogP contribution in [0.5, 0.6) is 0 Å². The van der Waals surface area contributed by atoms with Crippen molar-refractivity contribution < 1.29 is 0 Å². The zero-order valence-corrected chi connectivity index (χ0v) is 60.2. The maximum absolute atomic E-state index is 2.94. The van der Waals surface area contributed by atoms with Crippen molar-refractivity contribution >= 4 is 162 Å². The van der Waals surface area contributed by atoms with E-state index in [-0.39, 0.29) is 0 Å². The molecule has 0 aliphatic rings. The van der Waals surface area contributed by atoms with Crippen molar-refractivity contribution in [1.82, 2.24) is 0 Å². The van der Waals surface area contributed by atoms with Gasteiger partial charge in [-0.15, -0.1) is 136 Å². The van der Waals surface area contributed by atoms with Gasteiger partial charge in [0.2, 0.25) is 8.07 Å². The Morgan fingerprint density at radius 1 is 0.188 bits per heavy atom. The van der Waals surface area contributed by atoms with E-state index in [1.54, 1.807) is 0 Å². The zero-order valence-electron chi connectivity index (χ0n) is 49.4. The van der Waals surface area contributed by atoms with Crippen LogP contribution < -0.4 is 18.0 Å². The third kappa shape index (κ3) is 14.6. The standard InChI is InChI=1S/C72H76S12Si/c1-5-9-13-17-21-49-25-29-53(73-49)57-33-37-61(77-57)65-41-45-69(81-65)85(70-46-42-66(82-70)62-38-34-58(78-62)54-30-26-50(74-54)22-18-14-10-6-2,71-47-43-67(83-71)63-39-35-59(79-63)55-31-27-51(75-55)23-19-15-11-7-3)72-48-44-68(84-72)64-40-36-60(80-64)56-32-28-52(76-56)24-20-16-12-8-4/h25-48H,5-24H2,1-4H3. The fourth-order valence-corrected chi connectivity index (χ4v) is 35.0. The smallest absolute Gasteiger partial charge is 0.143 e. The first-order chi connectivity index (χ1) is 41.9. The maximum atomic E-state index is 2.56. The van der Waals surface area contributed by atoms with Crippen LogP contribution >= 0.6 is 136 Å². The van der Waals surface area contributed by atoms with Crippen LogP contribution in [0.2, 0.25) is 0 Å². The van der Waals surface area contributed by atoms with Crippen LogP contribution in [-0.4, -0.2) is 8.07 Å². The van der Waals surface area contributed by atoms with E-state index < -0.39 is 8.07 Å². The molecular weight excluding hydrogens is 1280 g/mol. The summed E-state index contributed by atoms with van der Waals surface area (Å²) in [6.45, 7) is 9.21. The molecule has 0 N–H and O–H groups in total. The van der Waals surface area contributed by atoms with E-state index in [1.165, 1.54) is 244 Å². The van der Waals surface area contributed by atoms with Crippen molar-refractivity contribution in [3.63, 3.8) is 0 Å². The van der Waals surface area contributed by atoms with Crippen molar-refractivity contribution in [2.24, 2.45) is 0 Å². The molecule has 0 radical (unpaired) electrons. The van der Waals surface area contributed by atoms with Crippen LogP contribution in [-0.2, 0) is 25.7 Å². The molecule has 12 rings (SSSR count). The fraction of sp³-hybridized carbons (Fsp3) is 0.333. The summed E-state index contributed by atoms with van der Waals surface area (Å²) in [6.07, 6.45) is 25.6. The predicted molar refractivity (Wildman–Crippen MR) is 399 cm³/mol. The fourth-order valence-electron chi connectivity index (χ4n) is 11.3. The summed E-state index contributed by atoms with van der Waals surface area (Å²) in [5.41, 5.74) is 0. The summed E-state index contributed by atoms with van der Waals surface area (Å²) >= 11 is 24.2. The maximum Gasteiger partial charge on any atom is 0.222 e. The Hall–Kier alpha value is -3.38. The van der Waals surface area contributed by atoms with Gasteiger partial charge in [0.15, 0.2) is 0 Å². The summed E-state index contributed by atoms with van der Waals surface area (Å²) in [4.78, 5) is 28.2. The van der Waals surface area contributed by atoms with Gasteiger partial charge in [-0.25, -0.2) is 0 Å². The lowest BCUT2D eigenvalue weighted by molar-refractivity contribution is 0.670. The third-order valence-electron chi connectivity index (χ3n) is 16.0. The van der Waals surface area contributed by atoms with Crippen LogP contribution in [0, 0.1) is 0 Å². The molecule has 12 aromatic heterocycles. The van der Waals surface area contributed by atoms with E-state index in [9.17, 15) is 0 Å². The topological polar surface area (TPSA) is 0 Å². The highest BCUT2D eigenvalue weighted by Crippen LogP contribution is 2.45. The third-order valence-corrected chi connectivity index (χ3v) is 38.6. The minimum Gasteiger partial charge on any atom is -0.143 e. The number of hydrogen-bond donors (Lipinski definition) is 0. The molecule has 0 atom stereocenters. The van der Waals surface area contributed by atoms with Gasteiger partial charge in [0, 0.05) is 116 Å². The summed E-state index contributed by atoms with van der Waals surface area (Å²) in [7, 11) is -2.94. The zero-order chi connectivity index (χ0) is 58.0. The normalized spacial score (nSPS) is 12.0. The van der Waals surface area contributed by atoms with Gasteiger partial charge in [0.05, 0.1) is 0 Å². The second-order valence-corrected chi connectivity index (χ2v) is 40.8. The van der Waals surface area contributed by atoms with E-state index in [1.807, 2.05) is 90.7 Å². The molecule has 0 fully saturated rings. The quantitative estimate of drug-likeness (QED) is 0.0291. The number of aryl methyl sites for hydroxylation is 4. The van der Waals surface area contributed by atoms with E-state index in [2.05, 4.69) is 219 Å². The molecule has 0 nitrogen and oxygen atoms in total. The van der Waals surface area contributed by atoms with Crippen LogP contribution in [0.3, 0.4) is 0 Å². The molecule has 13 heteroatoms. The van der Waals surface area contributed by atoms with E-state index in [0.717, 1.165) is 0 Å². The molecule has 0 amide bonds. The first kappa shape index (κ1) is 61.8. The van der Waals surface area contributed by atoms with Gasteiger partial charge in [0.1, 0.15) is 0 Å². The van der Waals surface area contributed by atoms with Gasteiger partial charge in [-0.05, 0) is 173 Å². The lowest BCUT2D eigenvalue weighted by Gasteiger charge is -2.28. The molecule has 12 aromatic rings. The molecule has 0 unspecified atom stereocenters.